The van der Waals surface area contributed by atoms with Gasteiger partial charge in [-0.15, -0.1) is 5.10 Å². The van der Waals surface area contributed by atoms with E-state index in [4.69, 9.17) is 4.74 Å². The fourth-order valence-electron chi connectivity index (χ4n) is 3.34. The number of rotatable bonds is 2. The predicted molar refractivity (Wildman–Crippen MR) is 107 cm³/mol. The van der Waals surface area contributed by atoms with Crippen molar-refractivity contribution >= 4 is 33.5 Å². The molecule has 7 nitrogen and oxygen atoms in total. The molecule has 0 atom stereocenters. The Morgan fingerprint density at radius 2 is 1.79 bits per heavy atom. The van der Waals surface area contributed by atoms with Crippen molar-refractivity contribution in [3.8, 4) is 17.1 Å². The summed E-state index contributed by atoms with van der Waals surface area (Å²) < 4.78 is 6.78. The molecule has 2 aromatic heterocycles. The van der Waals surface area contributed by atoms with E-state index < -0.39 is 0 Å². The highest BCUT2D eigenvalue weighted by Gasteiger charge is 2.31. The zero-order valence-corrected chi connectivity index (χ0v) is 15.9. The van der Waals surface area contributed by atoms with Crippen LogP contribution in [0.3, 0.4) is 0 Å². The molecular formula is C20H14N4O3S. The summed E-state index contributed by atoms with van der Waals surface area (Å²) in [5, 5.41) is 4.35. The summed E-state index contributed by atoms with van der Waals surface area (Å²) in [6.45, 7) is 0. The summed E-state index contributed by atoms with van der Waals surface area (Å²) in [6.07, 6.45) is 0. The molecule has 8 heteroatoms. The lowest BCUT2D eigenvalue weighted by atomic mass is 10.1. The van der Waals surface area contributed by atoms with Crippen molar-refractivity contribution in [1.82, 2.24) is 14.6 Å². The largest absolute Gasteiger partial charge is 0.497 e. The number of benzene rings is 2. The Morgan fingerprint density at radius 1 is 1.04 bits per heavy atom. The second-order valence-electron chi connectivity index (χ2n) is 6.35. The molecule has 0 bridgehead atoms. The first-order chi connectivity index (χ1) is 13.6. The molecule has 0 fully saturated rings. The van der Waals surface area contributed by atoms with Crippen molar-refractivity contribution in [2.24, 2.45) is 0 Å². The summed E-state index contributed by atoms with van der Waals surface area (Å²) in [6, 6.07) is 14.7. The van der Waals surface area contributed by atoms with Crippen LogP contribution in [0.25, 0.3) is 21.9 Å². The number of hydrogen-bond donors (Lipinski definition) is 0. The van der Waals surface area contributed by atoms with Crippen LogP contribution in [0.5, 0.6) is 5.75 Å². The maximum absolute atomic E-state index is 13.0. The number of amides is 1. The average molecular weight is 390 g/mol. The Labute approximate surface area is 163 Å². The van der Waals surface area contributed by atoms with E-state index >= 15 is 0 Å². The quantitative estimate of drug-likeness (QED) is 0.521. The molecule has 28 heavy (non-hydrogen) atoms. The summed E-state index contributed by atoms with van der Waals surface area (Å²) >= 11 is 1.18. The number of thiazole rings is 1. The molecule has 0 spiro atoms. The van der Waals surface area contributed by atoms with Gasteiger partial charge in [-0.25, -0.2) is 0 Å². The van der Waals surface area contributed by atoms with Gasteiger partial charge in [0.15, 0.2) is 5.82 Å². The second kappa shape index (κ2) is 6.00. The minimum Gasteiger partial charge on any atom is -0.497 e. The van der Waals surface area contributed by atoms with Gasteiger partial charge < -0.3 is 9.64 Å². The van der Waals surface area contributed by atoms with E-state index in [0.717, 1.165) is 22.6 Å². The van der Waals surface area contributed by atoms with Crippen LogP contribution >= 0.6 is 11.3 Å². The normalized spacial score (nSPS) is 15.4. The van der Waals surface area contributed by atoms with E-state index in [0.29, 0.717) is 20.9 Å². The molecule has 1 amide bonds. The van der Waals surface area contributed by atoms with E-state index in [1.807, 2.05) is 48.5 Å². The van der Waals surface area contributed by atoms with E-state index in [1.165, 1.54) is 15.9 Å². The third-order valence-electron chi connectivity index (χ3n) is 4.79. The standard InChI is InChI=1S/C20H14N4O3S/c1-23-14-6-4-3-5-13(14)15(18(23)25)16-19(26)24-20(28-16)21-17(22-24)11-7-9-12(27-2)10-8-11/h3-10H,1-2H3/b16-15-. The Hall–Kier alpha value is -3.52. The zero-order chi connectivity index (χ0) is 19.4. The Bertz CT molecular complexity index is 1350. The number of nitrogens with zero attached hydrogens (tertiary/aromatic N) is 4. The number of methoxy groups -OCH3 is 1. The van der Waals surface area contributed by atoms with Crippen LogP contribution in [0, 0.1) is 0 Å². The van der Waals surface area contributed by atoms with Crippen LogP contribution in [0.15, 0.2) is 53.3 Å². The van der Waals surface area contributed by atoms with Crippen LogP contribution in [0.1, 0.15) is 5.56 Å². The zero-order valence-electron chi connectivity index (χ0n) is 15.0. The van der Waals surface area contributed by atoms with Gasteiger partial charge in [-0.05, 0) is 30.3 Å². The fraction of sp³-hybridized carbons (Fsp3) is 0.100. The van der Waals surface area contributed by atoms with Gasteiger partial charge >= 0.3 is 0 Å². The van der Waals surface area contributed by atoms with Gasteiger partial charge in [0.2, 0.25) is 4.96 Å². The molecule has 4 aromatic rings. The van der Waals surface area contributed by atoms with Crippen LogP contribution in [-0.4, -0.2) is 34.7 Å². The number of carbonyl (C=O) groups is 1. The molecule has 1 aliphatic heterocycles. The lowest BCUT2D eigenvalue weighted by Gasteiger charge is -2.07. The minimum absolute atomic E-state index is 0.196. The number of aromatic nitrogens is 3. The van der Waals surface area contributed by atoms with Crippen LogP contribution in [0.4, 0.5) is 5.69 Å². The van der Waals surface area contributed by atoms with E-state index in [1.54, 1.807) is 19.1 Å². The highest BCUT2D eigenvalue weighted by atomic mass is 32.1. The van der Waals surface area contributed by atoms with Crippen LogP contribution < -0.4 is 19.7 Å². The molecule has 0 aliphatic carbocycles. The number of carbonyl (C=O) groups excluding carboxylic acids is 1. The van der Waals surface area contributed by atoms with Gasteiger partial charge in [-0.2, -0.15) is 9.50 Å². The number of fused-ring (bicyclic) bond motifs is 2. The third-order valence-corrected chi connectivity index (χ3v) is 5.82. The molecule has 138 valence electrons. The maximum atomic E-state index is 13.0. The predicted octanol–water partition coefficient (Wildman–Crippen LogP) is 1.72. The number of anilines is 1. The Balaban J connectivity index is 1.70. The minimum atomic E-state index is -0.333. The first-order valence-electron chi connectivity index (χ1n) is 8.54. The monoisotopic (exact) mass is 390 g/mol. The van der Waals surface area contributed by atoms with Gasteiger partial charge in [0, 0.05) is 18.2 Å². The molecule has 0 saturated carbocycles. The summed E-state index contributed by atoms with van der Waals surface area (Å²) in [5.74, 6) is 0.992. The molecule has 0 N–H and O–H groups in total. The van der Waals surface area contributed by atoms with Gasteiger partial charge in [0.1, 0.15) is 10.3 Å². The number of para-hydroxylation sites is 1. The van der Waals surface area contributed by atoms with Crippen molar-refractivity contribution in [3.63, 3.8) is 0 Å². The highest BCUT2D eigenvalue weighted by Crippen LogP contribution is 2.33. The average Bonchev–Trinajstić information content (AvgIpc) is 3.35. The Kier molecular flexibility index (Phi) is 3.56. The first kappa shape index (κ1) is 16.6. The molecular weight excluding hydrogens is 376 g/mol. The van der Waals surface area contributed by atoms with E-state index in [2.05, 4.69) is 10.1 Å². The number of ether oxygens (including phenoxy) is 1. The Morgan fingerprint density at radius 3 is 2.50 bits per heavy atom. The van der Waals surface area contributed by atoms with Gasteiger partial charge in [-0.3, -0.25) is 9.59 Å². The molecule has 3 heterocycles. The SMILES string of the molecule is COc1ccc(-c2nc3s/c(=C4\C(=O)N(C)c5ccccc54)c(=O)n3n2)cc1. The van der Waals surface area contributed by atoms with Crippen molar-refractivity contribution in [1.29, 1.82) is 0 Å². The molecule has 0 unspecified atom stereocenters. The van der Waals surface area contributed by atoms with Crippen molar-refractivity contribution in [2.45, 2.75) is 0 Å². The van der Waals surface area contributed by atoms with Crippen molar-refractivity contribution in [2.75, 3.05) is 19.1 Å². The van der Waals surface area contributed by atoms with Crippen LogP contribution in [0.2, 0.25) is 0 Å². The van der Waals surface area contributed by atoms with Gasteiger partial charge in [0.05, 0.1) is 18.4 Å². The highest BCUT2D eigenvalue weighted by molar-refractivity contribution is 7.15. The topological polar surface area (TPSA) is 76.8 Å². The summed E-state index contributed by atoms with van der Waals surface area (Å²) in [7, 11) is 3.31. The fourth-order valence-corrected chi connectivity index (χ4v) is 4.33. The second-order valence-corrected chi connectivity index (χ2v) is 7.33. The first-order valence-corrected chi connectivity index (χ1v) is 9.36. The van der Waals surface area contributed by atoms with Crippen LogP contribution in [-0.2, 0) is 4.79 Å². The van der Waals surface area contributed by atoms with E-state index in [-0.39, 0.29) is 11.5 Å². The van der Waals surface area contributed by atoms with Gasteiger partial charge in [0.25, 0.3) is 11.5 Å². The molecule has 0 saturated heterocycles. The smallest absolute Gasteiger partial charge is 0.291 e. The van der Waals surface area contributed by atoms with Gasteiger partial charge in [-0.1, -0.05) is 29.5 Å². The lowest BCUT2D eigenvalue weighted by molar-refractivity contribution is -0.112. The molecule has 0 radical (unpaired) electrons. The number of hydrogen-bond acceptors (Lipinski definition) is 6. The third kappa shape index (κ3) is 2.28. The van der Waals surface area contributed by atoms with Crippen molar-refractivity contribution < 1.29 is 9.53 Å². The maximum Gasteiger partial charge on any atom is 0.291 e. The number of likely N-dealkylation sites (N-methyl/N-ethyl adjacent to an activating group) is 1. The summed E-state index contributed by atoms with van der Waals surface area (Å²) in [5.41, 5.74) is 2.41. The molecule has 2 aromatic carbocycles. The summed E-state index contributed by atoms with van der Waals surface area (Å²) in [4.78, 5) is 32.2. The molecule has 5 rings (SSSR count). The van der Waals surface area contributed by atoms with E-state index in [9.17, 15) is 9.59 Å². The lowest BCUT2D eigenvalue weighted by Crippen LogP contribution is -2.30. The molecule has 1 aliphatic rings. The van der Waals surface area contributed by atoms with Crippen molar-refractivity contribution in [3.05, 3.63) is 69.0 Å².